The first-order chi connectivity index (χ1) is 12.3. The zero-order chi connectivity index (χ0) is 19.3. The summed E-state index contributed by atoms with van der Waals surface area (Å²) in [5.74, 6) is -3.04. The van der Waals surface area contributed by atoms with Gasteiger partial charge in [0.1, 0.15) is 23.8 Å². The van der Waals surface area contributed by atoms with Crippen LogP contribution in [0.5, 0.6) is 0 Å². The van der Waals surface area contributed by atoms with Gasteiger partial charge < -0.3 is 10.1 Å². The van der Waals surface area contributed by atoms with Crippen LogP contribution in [-0.4, -0.2) is 18.5 Å². The Bertz CT molecular complexity index is 838. The molecule has 0 aliphatic heterocycles. The van der Waals surface area contributed by atoms with Crippen molar-refractivity contribution in [3.8, 4) is 0 Å². The highest BCUT2D eigenvalue weighted by Gasteiger charge is 2.17. The van der Waals surface area contributed by atoms with Gasteiger partial charge in [-0.3, -0.25) is 9.59 Å². The number of carbonyl (C=O) groups is 2. The van der Waals surface area contributed by atoms with Crippen LogP contribution in [0.15, 0.2) is 48.0 Å². The summed E-state index contributed by atoms with van der Waals surface area (Å²) < 4.78 is 32.3. The van der Waals surface area contributed by atoms with Gasteiger partial charge in [0.15, 0.2) is 0 Å². The van der Waals surface area contributed by atoms with E-state index in [0.29, 0.717) is 5.69 Å². The number of ether oxygens (including phenoxy) is 1. The minimum absolute atomic E-state index is 0.201. The van der Waals surface area contributed by atoms with Gasteiger partial charge in [-0.15, -0.1) is 0 Å². The van der Waals surface area contributed by atoms with Gasteiger partial charge in [-0.05, 0) is 54.8 Å². The number of amides is 1. The number of nitrogens with one attached hydrogen (secondary N) is 1. The van der Waals surface area contributed by atoms with Crippen molar-refractivity contribution < 1.29 is 23.1 Å². The fourth-order valence-electron chi connectivity index (χ4n) is 2.28. The average Bonchev–Trinajstić information content (AvgIpc) is 2.59. The van der Waals surface area contributed by atoms with Gasteiger partial charge >= 0.3 is 5.97 Å². The summed E-state index contributed by atoms with van der Waals surface area (Å²) >= 11 is 0. The molecule has 0 saturated carbocycles. The van der Waals surface area contributed by atoms with Crippen LogP contribution in [0.2, 0.25) is 0 Å². The van der Waals surface area contributed by atoms with Crippen LogP contribution in [0.3, 0.4) is 0 Å². The molecule has 0 aromatic heterocycles. The van der Waals surface area contributed by atoms with Crippen molar-refractivity contribution >= 4 is 23.1 Å². The van der Waals surface area contributed by atoms with Crippen LogP contribution in [0.25, 0.3) is 5.57 Å². The Morgan fingerprint density at radius 1 is 0.962 bits per heavy atom. The molecule has 0 heterocycles. The smallest absolute Gasteiger partial charge is 0.302 e. The first kappa shape index (κ1) is 19.3. The van der Waals surface area contributed by atoms with Gasteiger partial charge in [-0.1, -0.05) is 18.2 Å². The summed E-state index contributed by atoms with van der Waals surface area (Å²) in [6, 6.07) is 10.1. The van der Waals surface area contributed by atoms with Crippen molar-refractivity contribution in [2.24, 2.45) is 0 Å². The van der Waals surface area contributed by atoms with Crippen molar-refractivity contribution in [2.75, 3.05) is 11.9 Å². The molecule has 2 aromatic rings. The lowest BCUT2D eigenvalue weighted by Gasteiger charge is -2.10. The minimum Gasteiger partial charge on any atom is -0.461 e. The minimum atomic E-state index is -0.918. The lowest BCUT2D eigenvalue weighted by molar-refractivity contribution is -0.139. The monoisotopic (exact) mass is 359 g/mol. The largest absolute Gasteiger partial charge is 0.461 e. The Morgan fingerprint density at radius 3 is 2.08 bits per heavy atom. The van der Waals surface area contributed by atoms with E-state index in [-0.39, 0.29) is 12.6 Å². The maximum absolute atomic E-state index is 13.6. The molecule has 1 amide bonds. The number of rotatable bonds is 5. The second-order valence-corrected chi connectivity index (χ2v) is 5.81. The van der Waals surface area contributed by atoms with Gasteiger partial charge in [0.25, 0.3) is 5.91 Å². The number of hydrogen-bond donors (Lipinski definition) is 1. The van der Waals surface area contributed by atoms with E-state index in [1.165, 1.54) is 13.0 Å². The Labute approximate surface area is 150 Å². The van der Waals surface area contributed by atoms with Crippen LogP contribution in [0.4, 0.5) is 14.5 Å². The molecule has 26 heavy (non-hydrogen) atoms. The molecule has 0 aliphatic rings. The molecule has 0 radical (unpaired) electrons. The van der Waals surface area contributed by atoms with Crippen molar-refractivity contribution in [1.82, 2.24) is 0 Å². The molecule has 0 unspecified atom stereocenters. The third-order valence-corrected chi connectivity index (χ3v) is 3.90. The van der Waals surface area contributed by atoms with Crippen molar-refractivity contribution in [1.29, 1.82) is 0 Å². The van der Waals surface area contributed by atoms with E-state index >= 15 is 0 Å². The Balaban J connectivity index is 2.13. The highest BCUT2D eigenvalue weighted by Crippen LogP contribution is 2.21. The van der Waals surface area contributed by atoms with Crippen molar-refractivity contribution in [3.63, 3.8) is 0 Å². The third-order valence-electron chi connectivity index (χ3n) is 3.90. The van der Waals surface area contributed by atoms with Crippen LogP contribution in [0.1, 0.15) is 36.7 Å². The maximum Gasteiger partial charge on any atom is 0.302 e. The van der Waals surface area contributed by atoms with E-state index in [0.717, 1.165) is 28.8 Å². The Kier molecular flexibility index (Phi) is 6.22. The molecule has 4 nitrogen and oxygen atoms in total. The molecule has 1 N–H and O–H groups in total. The lowest BCUT2D eigenvalue weighted by Crippen LogP contribution is -2.15. The number of esters is 1. The van der Waals surface area contributed by atoms with E-state index in [1.54, 1.807) is 24.3 Å². The molecule has 0 fully saturated rings. The second-order valence-electron chi connectivity index (χ2n) is 5.81. The van der Waals surface area contributed by atoms with Gasteiger partial charge in [0.05, 0.1) is 0 Å². The first-order valence-corrected chi connectivity index (χ1v) is 7.95. The summed E-state index contributed by atoms with van der Waals surface area (Å²) in [6.07, 6.45) is 0. The fraction of sp³-hybridized carbons (Fsp3) is 0.200. The number of allylic oxidation sites excluding steroid dienone is 1. The van der Waals surface area contributed by atoms with Gasteiger partial charge in [-0.2, -0.15) is 0 Å². The van der Waals surface area contributed by atoms with Crippen molar-refractivity contribution in [3.05, 3.63) is 70.8 Å². The third kappa shape index (κ3) is 4.75. The standard InChI is InChI=1S/C20H19F2NO3/c1-12(11-26-14(3)24)13(2)15-7-9-16(10-8-15)23-20(25)19-17(21)5-4-6-18(19)22/h4-10H,11H2,1-3H3,(H,23,25)/b13-12+. The first-order valence-electron chi connectivity index (χ1n) is 7.95. The summed E-state index contributed by atoms with van der Waals surface area (Å²) in [7, 11) is 0. The molecule has 0 atom stereocenters. The predicted octanol–water partition coefficient (Wildman–Crippen LogP) is 4.57. The quantitative estimate of drug-likeness (QED) is 0.796. The van der Waals surface area contributed by atoms with Crippen LogP contribution in [0, 0.1) is 11.6 Å². The van der Waals surface area contributed by atoms with E-state index in [4.69, 9.17) is 4.74 Å². The van der Waals surface area contributed by atoms with Gasteiger partial charge in [-0.25, -0.2) is 8.78 Å². The second kappa shape index (κ2) is 8.38. The molecule has 2 aromatic carbocycles. The molecule has 0 saturated heterocycles. The number of halogens is 2. The number of hydrogen-bond acceptors (Lipinski definition) is 3. The molecule has 0 spiro atoms. The highest BCUT2D eigenvalue weighted by atomic mass is 19.1. The molecular weight excluding hydrogens is 340 g/mol. The molecule has 6 heteroatoms. The SMILES string of the molecule is CC(=O)OC/C(C)=C(\C)c1ccc(NC(=O)c2c(F)cccc2F)cc1. The summed E-state index contributed by atoms with van der Waals surface area (Å²) in [5, 5.41) is 2.47. The van der Waals surface area contributed by atoms with E-state index in [2.05, 4.69) is 5.32 Å². The normalized spacial score (nSPS) is 11.6. The zero-order valence-electron chi connectivity index (χ0n) is 14.7. The maximum atomic E-state index is 13.6. The topological polar surface area (TPSA) is 55.4 Å². The molecular formula is C20H19F2NO3. The highest BCUT2D eigenvalue weighted by molar-refractivity contribution is 6.04. The fourth-order valence-corrected chi connectivity index (χ4v) is 2.28. The molecule has 0 bridgehead atoms. The summed E-state index contributed by atoms with van der Waals surface area (Å²) in [6.45, 7) is 5.29. The van der Waals surface area contributed by atoms with Crippen LogP contribution >= 0.6 is 0 Å². The lowest BCUT2D eigenvalue weighted by atomic mass is 10.0. The van der Waals surface area contributed by atoms with E-state index in [9.17, 15) is 18.4 Å². The molecule has 136 valence electrons. The van der Waals surface area contributed by atoms with Gasteiger partial charge in [0, 0.05) is 12.6 Å². The Morgan fingerprint density at radius 2 is 1.54 bits per heavy atom. The number of benzene rings is 2. The van der Waals surface area contributed by atoms with E-state index in [1.807, 2.05) is 13.8 Å². The summed E-state index contributed by atoms with van der Waals surface area (Å²) in [5.41, 5.74) is 2.50. The molecule has 0 aliphatic carbocycles. The van der Waals surface area contributed by atoms with Crippen molar-refractivity contribution in [2.45, 2.75) is 20.8 Å². The predicted molar refractivity (Wildman–Crippen MR) is 95.7 cm³/mol. The number of anilines is 1. The van der Waals surface area contributed by atoms with Gasteiger partial charge in [0.2, 0.25) is 0 Å². The summed E-state index contributed by atoms with van der Waals surface area (Å²) in [4.78, 5) is 23.0. The molecule has 2 rings (SSSR count). The Hall–Kier alpha value is -3.02. The van der Waals surface area contributed by atoms with Crippen LogP contribution < -0.4 is 5.32 Å². The average molecular weight is 359 g/mol. The van der Waals surface area contributed by atoms with Crippen LogP contribution in [-0.2, 0) is 9.53 Å². The van der Waals surface area contributed by atoms with E-state index < -0.39 is 23.1 Å². The number of carbonyl (C=O) groups excluding carboxylic acids is 2. The zero-order valence-corrected chi connectivity index (χ0v) is 14.7.